The maximum absolute atomic E-state index is 15.3. The molecule has 10 heteroatoms. The van der Waals surface area contributed by atoms with E-state index in [4.69, 9.17) is 10.5 Å². The normalized spacial score (nSPS) is 18.3. The van der Waals surface area contributed by atoms with Crippen LogP contribution in [0.25, 0.3) is 21.9 Å². The number of nitrogens with zero attached hydrogens (tertiary/aromatic N) is 2. The SMILES string of the molecule is Cc1c(-c2cc3cc(NC(=O)NC4CC5(CNC5)C4)ncc3c(N)c2F)cnc2c1NCCO2. The molecule has 1 saturated carbocycles. The Bertz CT molecular complexity index is 1320. The topological polar surface area (TPSA) is 126 Å². The van der Waals surface area contributed by atoms with Crippen LogP contribution in [0.4, 0.5) is 26.4 Å². The summed E-state index contributed by atoms with van der Waals surface area (Å²) in [4.78, 5) is 21.1. The molecule has 1 spiro atoms. The van der Waals surface area contributed by atoms with Crippen molar-refractivity contribution in [3.63, 3.8) is 0 Å². The van der Waals surface area contributed by atoms with Gasteiger partial charge >= 0.3 is 6.03 Å². The summed E-state index contributed by atoms with van der Waals surface area (Å²) in [5.41, 5.74) is 9.07. The maximum atomic E-state index is 15.3. The van der Waals surface area contributed by atoms with Crippen LogP contribution in [0.2, 0.25) is 0 Å². The van der Waals surface area contributed by atoms with E-state index < -0.39 is 5.82 Å². The van der Waals surface area contributed by atoms with Gasteiger partial charge in [-0.3, -0.25) is 5.32 Å². The van der Waals surface area contributed by atoms with E-state index in [1.165, 1.54) is 6.20 Å². The van der Waals surface area contributed by atoms with Crippen LogP contribution in [0.1, 0.15) is 18.4 Å². The second-order valence-electron chi connectivity index (χ2n) is 9.50. The molecule has 6 rings (SSSR count). The Kier molecular flexibility index (Phi) is 4.73. The molecule has 0 radical (unpaired) electrons. The molecular weight excluding hydrogens is 437 g/mol. The molecule has 176 valence electrons. The smallest absolute Gasteiger partial charge is 0.320 e. The standard InChI is InChI=1S/C24H26FN7O2/c1-12-16(8-30-22-21(12)28-2-3-34-22)15-4-13-5-18(29-9-17(13)20(26)19(15)25)32-23(33)31-14-6-24(7-14)10-27-11-24/h4-5,8-9,14,27-28H,2-3,6-7,10-11,26H2,1H3,(H2,29,31,32,33). The van der Waals surface area contributed by atoms with Crippen molar-refractivity contribution in [1.29, 1.82) is 0 Å². The van der Waals surface area contributed by atoms with Crippen molar-refractivity contribution < 1.29 is 13.9 Å². The van der Waals surface area contributed by atoms with Crippen LogP contribution >= 0.6 is 0 Å². The van der Waals surface area contributed by atoms with E-state index in [2.05, 4.69) is 31.2 Å². The number of rotatable bonds is 3. The number of amides is 2. The second-order valence-corrected chi connectivity index (χ2v) is 9.50. The number of anilines is 3. The first-order valence-corrected chi connectivity index (χ1v) is 11.5. The number of hydrogen-bond acceptors (Lipinski definition) is 7. The zero-order chi connectivity index (χ0) is 23.4. The van der Waals surface area contributed by atoms with Crippen LogP contribution in [0.3, 0.4) is 0 Å². The van der Waals surface area contributed by atoms with Gasteiger partial charge in [-0.1, -0.05) is 0 Å². The summed E-state index contributed by atoms with van der Waals surface area (Å²) < 4.78 is 20.9. The van der Waals surface area contributed by atoms with Gasteiger partial charge in [0, 0.05) is 54.6 Å². The minimum atomic E-state index is -0.529. The number of nitrogens with one attached hydrogen (secondary N) is 4. The Morgan fingerprint density at radius 2 is 2.06 bits per heavy atom. The number of pyridine rings is 2. The summed E-state index contributed by atoms with van der Waals surface area (Å²) in [5, 5.41) is 13.5. The summed E-state index contributed by atoms with van der Waals surface area (Å²) in [6.45, 7) is 5.14. The summed E-state index contributed by atoms with van der Waals surface area (Å²) in [5.74, 6) is 0.352. The molecule has 1 aromatic carbocycles. The fourth-order valence-corrected chi connectivity index (χ4v) is 5.25. The van der Waals surface area contributed by atoms with Crippen LogP contribution in [0, 0.1) is 18.2 Å². The van der Waals surface area contributed by atoms with E-state index in [0.29, 0.717) is 52.2 Å². The molecule has 34 heavy (non-hydrogen) atoms. The molecule has 9 nitrogen and oxygen atoms in total. The largest absolute Gasteiger partial charge is 0.474 e. The van der Waals surface area contributed by atoms with E-state index in [-0.39, 0.29) is 17.8 Å². The van der Waals surface area contributed by atoms with Gasteiger partial charge in [0.2, 0.25) is 5.88 Å². The van der Waals surface area contributed by atoms with Gasteiger partial charge in [0.15, 0.2) is 5.82 Å². The van der Waals surface area contributed by atoms with Crippen LogP contribution < -0.4 is 31.7 Å². The average molecular weight is 464 g/mol. The molecule has 6 N–H and O–H groups in total. The van der Waals surface area contributed by atoms with E-state index in [1.807, 2.05) is 6.92 Å². The highest BCUT2D eigenvalue weighted by atomic mass is 19.1. The van der Waals surface area contributed by atoms with E-state index in [0.717, 1.165) is 37.2 Å². The zero-order valence-electron chi connectivity index (χ0n) is 18.8. The molecular formula is C24H26FN7O2. The van der Waals surface area contributed by atoms with Gasteiger partial charge in [0.25, 0.3) is 0 Å². The van der Waals surface area contributed by atoms with E-state index in [9.17, 15) is 4.79 Å². The minimum absolute atomic E-state index is 0.00575. The molecule has 2 amide bonds. The van der Waals surface area contributed by atoms with E-state index in [1.54, 1.807) is 18.3 Å². The van der Waals surface area contributed by atoms with Gasteiger partial charge < -0.3 is 26.4 Å². The molecule has 2 aromatic heterocycles. The van der Waals surface area contributed by atoms with Crippen LogP contribution in [-0.4, -0.2) is 48.3 Å². The predicted octanol–water partition coefficient (Wildman–Crippen LogP) is 3.00. The number of ether oxygens (including phenoxy) is 1. The van der Waals surface area contributed by atoms with Crippen molar-refractivity contribution >= 4 is 34.0 Å². The maximum Gasteiger partial charge on any atom is 0.320 e. The van der Waals surface area contributed by atoms with Crippen molar-refractivity contribution in [3.8, 4) is 17.0 Å². The Morgan fingerprint density at radius 1 is 1.24 bits per heavy atom. The van der Waals surface area contributed by atoms with Crippen LogP contribution in [0.5, 0.6) is 5.88 Å². The summed E-state index contributed by atoms with van der Waals surface area (Å²) in [6.07, 6.45) is 5.07. The molecule has 0 atom stereocenters. The van der Waals surface area contributed by atoms with Crippen molar-refractivity contribution in [3.05, 3.63) is 35.9 Å². The van der Waals surface area contributed by atoms with Gasteiger partial charge in [-0.15, -0.1) is 0 Å². The van der Waals surface area contributed by atoms with Crippen LogP contribution in [0.15, 0.2) is 24.5 Å². The third kappa shape index (κ3) is 3.37. The number of carbonyl (C=O) groups excluding carboxylic acids is 1. The zero-order valence-corrected chi connectivity index (χ0v) is 18.8. The third-order valence-corrected chi connectivity index (χ3v) is 7.17. The Hall–Kier alpha value is -3.66. The first-order chi connectivity index (χ1) is 16.4. The third-order valence-electron chi connectivity index (χ3n) is 7.17. The lowest BCUT2D eigenvalue weighted by molar-refractivity contribution is 0.0289. The summed E-state index contributed by atoms with van der Waals surface area (Å²) in [6, 6.07) is 3.30. The molecule has 0 unspecified atom stereocenters. The molecule has 1 aliphatic carbocycles. The van der Waals surface area contributed by atoms with Crippen molar-refractivity contribution in [1.82, 2.24) is 20.6 Å². The van der Waals surface area contributed by atoms with E-state index >= 15 is 4.39 Å². The highest BCUT2D eigenvalue weighted by Crippen LogP contribution is 2.44. The molecule has 3 aromatic rings. The molecule has 2 fully saturated rings. The summed E-state index contributed by atoms with van der Waals surface area (Å²) >= 11 is 0. The molecule has 3 aliphatic rings. The number of urea groups is 1. The molecule has 0 bridgehead atoms. The molecule has 4 heterocycles. The number of carbonyl (C=O) groups is 1. The first-order valence-electron chi connectivity index (χ1n) is 11.5. The highest BCUT2D eigenvalue weighted by Gasteiger charge is 2.48. The predicted molar refractivity (Wildman–Crippen MR) is 129 cm³/mol. The first kappa shape index (κ1) is 20.9. The van der Waals surface area contributed by atoms with Gasteiger partial charge in [0.05, 0.1) is 5.69 Å². The van der Waals surface area contributed by atoms with Crippen molar-refractivity contribution in [2.24, 2.45) is 5.41 Å². The van der Waals surface area contributed by atoms with Crippen molar-refractivity contribution in [2.75, 3.05) is 42.6 Å². The second kappa shape index (κ2) is 7.69. The average Bonchev–Trinajstić information content (AvgIpc) is 2.78. The fourth-order valence-electron chi connectivity index (χ4n) is 5.25. The Morgan fingerprint density at radius 3 is 2.82 bits per heavy atom. The minimum Gasteiger partial charge on any atom is -0.474 e. The van der Waals surface area contributed by atoms with Gasteiger partial charge in [-0.25, -0.2) is 19.2 Å². The molecule has 2 aliphatic heterocycles. The van der Waals surface area contributed by atoms with Crippen molar-refractivity contribution in [2.45, 2.75) is 25.8 Å². The Balaban J connectivity index is 1.28. The van der Waals surface area contributed by atoms with Gasteiger partial charge in [-0.05, 0) is 48.3 Å². The Labute approximate surface area is 195 Å². The van der Waals surface area contributed by atoms with Crippen LogP contribution in [-0.2, 0) is 0 Å². The fraction of sp³-hybridized carbons (Fsp3) is 0.375. The number of hydrogen-bond donors (Lipinski definition) is 5. The number of aromatic nitrogens is 2. The monoisotopic (exact) mass is 463 g/mol. The summed E-state index contributed by atoms with van der Waals surface area (Å²) in [7, 11) is 0. The number of halogens is 1. The lowest BCUT2D eigenvalue weighted by atomic mass is 9.62. The lowest BCUT2D eigenvalue weighted by Crippen LogP contribution is -2.65. The number of benzene rings is 1. The lowest BCUT2D eigenvalue weighted by Gasteiger charge is -2.54. The van der Waals surface area contributed by atoms with Gasteiger partial charge in [-0.2, -0.15) is 0 Å². The number of nitrogen functional groups attached to an aromatic ring is 1. The molecule has 1 saturated heterocycles. The highest BCUT2D eigenvalue weighted by molar-refractivity contribution is 6.00. The number of fused-ring (bicyclic) bond motifs is 2. The van der Waals surface area contributed by atoms with Gasteiger partial charge in [0.1, 0.15) is 18.1 Å². The number of nitrogens with two attached hydrogens (primary N) is 1. The quantitative estimate of drug-likeness (QED) is 0.378.